The number of amides is 4. The first-order chi connectivity index (χ1) is 27.3. The number of likely N-dealkylation sites (N-methyl/N-ethyl adjacent to an activating group) is 1. The van der Waals surface area contributed by atoms with Crippen LogP contribution in [-0.4, -0.2) is 103 Å². The maximum atomic E-state index is 15.0. The third kappa shape index (κ3) is 8.30. The Labute approximate surface area is 341 Å². The van der Waals surface area contributed by atoms with Crippen molar-refractivity contribution < 1.29 is 41.8 Å². The van der Waals surface area contributed by atoms with Crippen molar-refractivity contribution in [1.82, 2.24) is 25.2 Å². The highest BCUT2D eigenvalue weighted by atomic mass is 32.2. The molecule has 7 rings (SSSR count). The lowest BCUT2D eigenvalue weighted by atomic mass is 9.85. The van der Waals surface area contributed by atoms with Gasteiger partial charge in [-0.15, -0.1) is 0 Å². The Bertz CT molecular complexity index is 2100. The molecule has 1 aromatic carbocycles. The lowest BCUT2D eigenvalue weighted by Crippen LogP contribution is -2.59. The molecule has 316 valence electrons. The van der Waals surface area contributed by atoms with Crippen molar-refractivity contribution in [3.63, 3.8) is 0 Å². The van der Waals surface area contributed by atoms with Crippen molar-refractivity contribution in [3.8, 4) is 11.6 Å². The average Bonchev–Trinajstić information content (AvgIpc) is 4.04. The quantitative estimate of drug-likeness (QED) is 0.332. The summed E-state index contributed by atoms with van der Waals surface area (Å²) in [6.07, 6.45) is 7.79. The summed E-state index contributed by atoms with van der Waals surface area (Å²) in [4.78, 5) is 65.1. The van der Waals surface area contributed by atoms with Crippen LogP contribution in [0.1, 0.15) is 92.9 Å². The number of anilines is 1. The normalized spacial score (nSPS) is 30.3. The average molecular weight is 823 g/mol. The van der Waals surface area contributed by atoms with Crippen LogP contribution in [0.3, 0.4) is 0 Å². The van der Waals surface area contributed by atoms with Gasteiger partial charge in [0.15, 0.2) is 5.75 Å². The molecule has 1 saturated heterocycles. The summed E-state index contributed by atoms with van der Waals surface area (Å²) in [6.45, 7) is 12.2. The van der Waals surface area contributed by atoms with Gasteiger partial charge in [0, 0.05) is 36.4 Å². The number of fused-ring (bicyclic) bond motifs is 5. The molecule has 0 radical (unpaired) electrons. The molecule has 3 N–H and O–H groups in total. The van der Waals surface area contributed by atoms with E-state index in [9.17, 15) is 22.8 Å². The van der Waals surface area contributed by atoms with Crippen molar-refractivity contribution in [2.75, 3.05) is 31.6 Å². The molecular formula is C42H58N6O9S. The molecule has 4 heterocycles. The van der Waals surface area contributed by atoms with Gasteiger partial charge in [-0.2, -0.15) is 0 Å². The maximum Gasteiger partial charge on any atom is 0.408 e. The van der Waals surface area contributed by atoms with Gasteiger partial charge < -0.3 is 34.6 Å². The van der Waals surface area contributed by atoms with Crippen molar-refractivity contribution in [1.29, 1.82) is 0 Å². The Balaban J connectivity index is 1.24. The van der Waals surface area contributed by atoms with Gasteiger partial charge in [0.05, 0.1) is 23.5 Å². The summed E-state index contributed by atoms with van der Waals surface area (Å²) in [5.74, 6) is -1.45. The number of alkyl carbamates (subject to hydrolysis) is 1. The summed E-state index contributed by atoms with van der Waals surface area (Å²) < 4.78 is 46.1. The summed E-state index contributed by atoms with van der Waals surface area (Å²) in [5, 5.41) is 7.32. The van der Waals surface area contributed by atoms with E-state index < -0.39 is 73.8 Å². The monoisotopic (exact) mass is 822 g/mol. The standard InChI is InChI=1S/C42H58N6O9S/c1-8-26-21-25(2)11-9-10-12-27-23-42(27,38(51)46-58(53,54)41(6)16-17-41)45-35(49)32-22-28(24-48(32)37(50)33(26)44-39(52)57-40(3,4)5)56-36-30-13-14-31-34(29(30)15-18-43-36)55-20-19-47(31)7/h10,12-15,18,25-28,32-33H,8-9,11,16-17,19-24H2,1-7H3,(H,44,52)(H,45,49)(H,46,51)/b12-10-/t25-,26-,27-,28-,32+,33+,42-/m1/s1. The summed E-state index contributed by atoms with van der Waals surface area (Å²) in [6, 6.07) is 3.56. The van der Waals surface area contributed by atoms with Gasteiger partial charge in [-0.3, -0.25) is 19.1 Å². The van der Waals surface area contributed by atoms with Crippen LogP contribution in [0, 0.1) is 17.8 Å². The number of aromatic nitrogens is 1. The van der Waals surface area contributed by atoms with Gasteiger partial charge >= 0.3 is 6.09 Å². The Kier molecular flexibility index (Phi) is 11.1. The van der Waals surface area contributed by atoms with Crippen LogP contribution in [0.4, 0.5) is 10.5 Å². The molecule has 3 aliphatic heterocycles. The van der Waals surface area contributed by atoms with Crippen LogP contribution < -0.4 is 29.7 Å². The Morgan fingerprint density at radius 3 is 2.59 bits per heavy atom. The minimum absolute atomic E-state index is 0.0209. The van der Waals surface area contributed by atoms with Crippen molar-refractivity contribution in [3.05, 3.63) is 36.5 Å². The van der Waals surface area contributed by atoms with Crippen LogP contribution in [-0.2, 0) is 29.1 Å². The fourth-order valence-electron chi connectivity index (χ4n) is 8.55. The number of carbonyl (C=O) groups excluding carboxylic acids is 4. The second-order valence-corrected chi connectivity index (χ2v) is 20.4. The van der Waals surface area contributed by atoms with Gasteiger partial charge in [0.1, 0.15) is 35.9 Å². The third-order valence-corrected chi connectivity index (χ3v) is 14.6. The van der Waals surface area contributed by atoms with E-state index in [2.05, 4.69) is 32.2 Å². The summed E-state index contributed by atoms with van der Waals surface area (Å²) in [5.41, 5.74) is -1.41. The smallest absolute Gasteiger partial charge is 0.408 e. The minimum Gasteiger partial charge on any atom is -0.489 e. The van der Waals surface area contributed by atoms with Crippen LogP contribution in [0.2, 0.25) is 0 Å². The van der Waals surface area contributed by atoms with Crippen LogP contribution >= 0.6 is 0 Å². The second-order valence-electron chi connectivity index (χ2n) is 18.2. The zero-order valence-electron chi connectivity index (χ0n) is 34.6. The van der Waals surface area contributed by atoms with Gasteiger partial charge in [0.25, 0.3) is 5.91 Å². The number of nitrogens with one attached hydrogen (secondary N) is 3. The predicted molar refractivity (Wildman–Crippen MR) is 218 cm³/mol. The maximum absolute atomic E-state index is 15.0. The van der Waals surface area contributed by atoms with Gasteiger partial charge in [-0.1, -0.05) is 32.4 Å². The number of benzene rings is 1. The van der Waals surface area contributed by atoms with Crippen LogP contribution in [0.5, 0.6) is 11.6 Å². The largest absolute Gasteiger partial charge is 0.489 e. The molecule has 0 unspecified atom stereocenters. The van der Waals surface area contributed by atoms with Gasteiger partial charge in [0.2, 0.25) is 27.7 Å². The van der Waals surface area contributed by atoms with Crippen LogP contribution in [0.15, 0.2) is 36.5 Å². The van der Waals surface area contributed by atoms with E-state index >= 15 is 4.79 Å². The number of ether oxygens (including phenoxy) is 3. The first-order valence-corrected chi connectivity index (χ1v) is 22.1. The number of allylic oxidation sites excluding steroid dienone is 1. The highest BCUT2D eigenvalue weighted by Gasteiger charge is 2.63. The topological polar surface area (TPSA) is 186 Å². The van der Waals surface area contributed by atoms with Crippen LogP contribution in [0.25, 0.3) is 10.8 Å². The highest BCUT2D eigenvalue weighted by molar-refractivity contribution is 7.91. The van der Waals surface area contributed by atoms with Crippen molar-refractivity contribution >= 4 is 50.3 Å². The molecule has 7 atom stereocenters. The van der Waals surface area contributed by atoms with E-state index in [1.165, 1.54) is 4.90 Å². The van der Waals surface area contributed by atoms with E-state index in [0.29, 0.717) is 50.0 Å². The van der Waals surface area contributed by atoms with E-state index in [1.807, 2.05) is 44.3 Å². The number of pyridine rings is 1. The molecule has 1 aromatic heterocycles. The molecule has 2 aromatic rings. The van der Waals surface area contributed by atoms with E-state index in [0.717, 1.165) is 29.8 Å². The lowest BCUT2D eigenvalue weighted by molar-refractivity contribution is -0.142. The first kappa shape index (κ1) is 41.6. The van der Waals surface area contributed by atoms with Crippen molar-refractivity contribution in [2.45, 2.75) is 127 Å². The number of nitrogens with zero attached hydrogens (tertiary/aromatic N) is 3. The Morgan fingerprint density at radius 2 is 1.88 bits per heavy atom. The van der Waals surface area contributed by atoms with Crippen molar-refractivity contribution in [2.24, 2.45) is 17.8 Å². The summed E-state index contributed by atoms with van der Waals surface area (Å²) >= 11 is 0. The number of sulfonamides is 1. The Morgan fingerprint density at radius 1 is 1.12 bits per heavy atom. The number of hydrogen-bond donors (Lipinski definition) is 3. The fraction of sp³-hybridized carbons (Fsp3) is 0.643. The highest BCUT2D eigenvalue weighted by Crippen LogP contribution is 2.48. The zero-order valence-corrected chi connectivity index (χ0v) is 35.4. The lowest BCUT2D eigenvalue weighted by Gasteiger charge is -2.34. The third-order valence-electron chi connectivity index (χ3n) is 12.5. The SMILES string of the molecule is CC[C@@H]1C[C@H](C)CC/C=C\[C@@H]2C[C@@]2(C(=O)NS(=O)(=O)C2(C)CC2)NC(=O)[C@@H]2C[C@@H](Oc3nccc4c5c(ccc34)N(C)CCO5)CN2C(=O)[C@H]1NC(=O)OC(C)(C)C. The second kappa shape index (κ2) is 15.5. The van der Waals surface area contributed by atoms with Gasteiger partial charge in [-0.25, -0.2) is 18.2 Å². The van der Waals surface area contributed by atoms with E-state index in [4.69, 9.17) is 14.2 Å². The molecule has 0 spiro atoms. The Hall–Kier alpha value is -4.60. The molecule has 5 aliphatic rings. The molecule has 3 fully saturated rings. The molecule has 0 bridgehead atoms. The number of rotatable bonds is 7. The minimum atomic E-state index is -4.01. The molecule has 58 heavy (non-hydrogen) atoms. The fourth-order valence-corrected chi connectivity index (χ4v) is 9.86. The molecular weight excluding hydrogens is 765 g/mol. The molecule has 2 aliphatic carbocycles. The number of hydrogen-bond acceptors (Lipinski definition) is 11. The molecule has 2 saturated carbocycles. The predicted octanol–water partition coefficient (Wildman–Crippen LogP) is 4.58. The van der Waals surface area contributed by atoms with Gasteiger partial charge in [-0.05, 0) is 96.3 Å². The first-order valence-electron chi connectivity index (χ1n) is 20.6. The molecule has 16 heteroatoms. The zero-order chi connectivity index (χ0) is 41.8. The molecule has 4 amide bonds. The van der Waals surface area contributed by atoms with E-state index in [-0.39, 0.29) is 31.2 Å². The number of carbonyl (C=O) groups is 4. The van der Waals surface area contributed by atoms with E-state index in [1.54, 1.807) is 33.9 Å². The summed E-state index contributed by atoms with van der Waals surface area (Å²) in [7, 11) is -2.00. The molecule has 15 nitrogen and oxygen atoms in total.